The van der Waals surface area contributed by atoms with E-state index in [-0.39, 0.29) is 30.0 Å². The number of ether oxygens (including phenoxy) is 2. The minimum atomic E-state index is 0. The van der Waals surface area contributed by atoms with Crippen molar-refractivity contribution in [2.45, 2.75) is 26.8 Å². The van der Waals surface area contributed by atoms with Crippen molar-refractivity contribution >= 4 is 35.6 Å². The second kappa shape index (κ2) is 13.3. The monoisotopic (exact) mass is 516 g/mol. The van der Waals surface area contributed by atoms with E-state index in [1.807, 2.05) is 37.3 Å². The number of benzene rings is 1. The summed E-state index contributed by atoms with van der Waals surface area (Å²) in [6.45, 7) is 9.36. The molecule has 1 aromatic carbocycles. The van der Waals surface area contributed by atoms with Crippen molar-refractivity contribution in [3.05, 3.63) is 42.4 Å². The minimum Gasteiger partial charge on any atom is -0.493 e. The van der Waals surface area contributed by atoms with Crippen molar-refractivity contribution in [2.24, 2.45) is 4.99 Å². The van der Waals surface area contributed by atoms with Crippen LogP contribution in [0.5, 0.6) is 11.5 Å². The van der Waals surface area contributed by atoms with Gasteiger partial charge in [0.05, 0.1) is 26.0 Å². The van der Waals surface area contributed by atoms with E-state index in [9.17, 15) is 0 Å². The lowest BCUT2D eigenvalue weighted by atomic mass is 10.2. The number of anilines is 1. The molecule has 2 aromatic rings. The highest BCUT2D eigenvalue weighted by molar-refractivity contribution is 14.0. The maximum atomic E-state index is 5.66. The van der Waals surface area contributed by atoms with E-state index < -0.39 is 0 Å². The molecule has 0 fully saturated rings. The van der Waals surface area contributed by atoms with Crippen LogP contribution in [-0.2, 0) is 0 Å². The van der Waals surface area contributed by atoms with Gasteiger partial charge in [-0.15, -0.1) is 24.0 Å². The number of nitrogens with one attached hydrogen (secondary N) is 2. The fourth-order valence-corrected chi connectivity index (χ4v) is 3.09. The predicted octanol–water partition coefficient (Wildman–Crippen LogP) is 4.38. The van der Waals surface area contributed by atoms with Gasteiger partial charge in [-0.05, 0) is 44.3 Å². The Bertz CT molecular complexity index is 734. The highest BCUT2D eigenvalue weighted by atomic mass is 127. The first-order chi connectivity index (χ1) is 13.7. The Morgan fingerprint density at radius 2 is 1.93 bits per heavy atom. The van der Waals surface area contributed by atoms with Gasteiger partial charge in [0.1, 0.15) is 5.76 Å². The molecule has 0 radical (unpaired) electrons. The molecule has 0 aliphatic carbocycles. The van der Waals surface area contributed by atoms with Gasteiger partial charge in [-0.1, -0.05) is 13.8 Å². The second-order valence-electron chi connectivity index (χ2n) is 6.13. The van der Waals surface area contributed by atoms with E-state index in [1.54, 1.807) is 20.4 Å². The lowest BCUT2D eigenvalue weighted by Crippen LogP contribution is -2.40. The Morgan fingerprint density at radius 3 is 2.48 bits per heavy atom. The molecule has 2 N–H and O–H groups in total. The van der Waals surface area contributed by atoms with Crippen LogP contribution in [0.1, 0.15) is 32.6 Å². The number of halogens is 1. The van der Waals surface area contributed by atoms with Crippen LogP contribution in [0, 0.1) is 0 Å². The van der Waals surface area contributed by atoms with Gasteiger partial charge in [-0.25, -0.2) is 0 Å². The van der Waals surface area contributed by atoms with Crippen molar-refractivity contribution in [2.75, 3.05) is 45.7 Å². The van der Waals surface area contributed by atoms with E-state index >= 15 is 0 Å². The zero-order valence-corrected chi connectivity index (χ0v) is 20.2. The third-order valence-corrected chi connectivity index (χ3v) is 4.54. The van der Waals surface area contributed by atoms with Crippen LogP contribution in [0.3, 0.4) is 0 Å². The van der Waals surface area contributed by atoms with Crippen LogP contribution in [-0.4, -0.2) is 51.3 Å². The molecule has 2 rings (SSSR count). The highest BCUT2D eigenvalue weighted by Crippen LogP contribution is 2.30. The number of hydrogen-bond acceptors (Lipinski definition) is 5. The molecule has 162 valence electrons. The number of aliphatic imine (C=N–C) groups is 1. The molecule has 1 heterocycles. The topological polar surface area (TPSA) is 71.3 Å². The van der Waals surface area contributed by atoms with Gasteiger partial charge < -0.3 is 24.5 Å². The number of hydrogen-bond donors (Lipinski definition) is 2. The normalized spacial score (nSPS) is 12.3. The van der Waals surface area contributed by atoms with Crippen molar-refractivity contribution < 1.29 is 13.9 Å². The van der Waals surface area contributed by atoms with Gasteiger partial charge in [0.25, 0.3) is 0 Å². The van der Waals surface area contributed by atoms with Gasteiger partial charge in [0.2, 0.25) is 0 Å². The Kier molecular flexibility index (Phi) is 11.5. The first kappa shape index (κ1) is 25.1. The minimum absolute atomic E-state index is 0. The molecule has 0 saturated carbocycles. The molecule has 0 saturated heterocycles. The Balaban J connectivity index is 0.00000420. The molecule has 0 bridgehead atoms. The van der Waals surface area contributed by atoms with Crippen LogP contribution >= 0.6 is 24.0 Å². The molecule has 1 aromatic heterocycles. The van der Waals surface area contributed by atoms with E-state index in [2.05, 4.69) is 34.4 Å². The van der Waals surface area contributed by atoms with Gasteiger partial charge in [0.15, 0.2) is 17.5 Å². The summed E-state index contributed by atoms with van der Waals surface area (Å²) in [6.07, 6.45) is 1.71. The van der Waals surface area contributed by atoms with E-state index in [0.717, 1.165) is 24.5 Å². The molecular formula is C21H33IN4O3. The fraction of sp³-hybridized carbons (Fsp3) is 0.476. The number of guanidine groups is 1. The van der Waals surface area contributed by atoms with Crippen LogP contribution in [0.15, 0.2) is 46.0 Å². The fourth-order valence-electron chi connectivity index (χ4n) is 3.09. The Labute approximate surface area is 190 Å². The van der Waals surface area contributed by atoms with Gasteiger partial charge >= 0.3 is 0 Å². The average Bonchev–Trinajstić information content (AvgIpc) is 3.25. The Hall–Kier alpha value is -1.94. The number of likely N-dealkylation sites (N-methyl/N-ethyl adjacent to an activating group) is 1. The number of nitrogens with zero attached hydrogens (tertiary/aromatic N) is 2. The summed E-state index contributed by atoms with van der Waals surface area (Å²) in [5, 5.41) is 6.71. The molecule has 0 spiro atoms. The third-order valence-electron chi connectivity index (χ3n) is 4.54. The molecule has 8 heteroatoms. The first-order valence-corrected chi connectivity index (χ1v) is 9.72. The van der Waals surface area contributed by atoms with Crippen molar-refractivity contribution in [3.63, 3.8) is 0 Å². The van der Waals surface area contributed by atoms with E-state index in [1.165, 1.54) is 0 Å². The zero-order chi connectivity index (χ0) is 20.4. The van der Waals surface area contributed by atoms with Crippen LogP contribution < -0.4 is 20.1 Å². The van der Waals surface area contributed by atoms with Crippen LogP contribution in [0.2, 0.25) is 0 Å². The Morgan fingerprint density at radius 1 is 1.17 bits per heavy atom. The molecule has 0 amide bonds. The molecule has 1 unspecified atom stereocenters. The van der Waals surface area contributed by atoms with Crippen molar-refractivity contribution in [1.82, 2.24) is 10.2 Å². The van der Waals surface area contributed by atoms with Gasteiger partial charge in [0, 0.05) is 25.3 Å². The summed E-state index contributed by atoms with van der Waals surface area (Å²) in [7, 11) is 3.38. The maximum Gasteiger partial charge on any atom is 0.195 e. The lowest BCUT2D eigenvalue weighted by Gasteiger charge is -2.28. The van der Waals surface area contributed by atoms with E-state index in [4.69, 9.17) is 13.9 Å². The first-order valence-electron chi connectivity index (χ1n) is 9.72. The molecular weight excluding hydrogens is 483 g/mol. The summed E-state index contributed by atoms with van der Waals surface area (Å²) >= 11 is 0. The third kappa shape index (κ3) is 7.11. The van der Waals surface area contributed by atoms with Crippen LogP contribution in [0.25, 0.3) is 0 Å². The number of rotatable bonds is 10. The van der Waals surface area contributed by atoms with Gasteiger partial charge in [-0.3, -0.25) is 9.89 Å². The summed E-state index contributed by atoms with van der Waals surface area (Å²) in [6, 6.07) is 9.77. The number of furan rings is 1. The molecule has 0 aliphatic rings. The summed E-state index contributed by atoms with van der Waals surface area (Å²) in [4.78, 5) is 6.69. The second-order valence-corrected chi connectivity index (χ2v) is 6.13. The van der Waals surface area contributed by atoms with Crippen molar-refractivity contribution in [1.29, 1.82) is 0 Å². The summed E-state index contributed by atoms with van der Waals surface area (Å²) in [5.41, 5.74) is 0.870. The molecule has 29 heavy (non-hydrogen) atoms. The molecule has 1 atom stereocenters. The summed E-state index contributed by atoms with van der Waals surface area (Å²) in [5.74, 6) is 3.02. The predicted molar refractivity (Wildman–Crippen MR) is 129 cm³/mol. The van der Waals surface area contributed by atoms with E-state index in [0.29, 0.717) is 30.6 Å². The smallest absolute Gasteiger partial charge is 0.195 e. The molecule has 7 nitrogen and oxygen atoms in total. The maximum absolute atomic E-state index is 5.66. The van der Waals surface area contributed by atoms with Crippen LogP contribution in [0.4, 0.5) is 5.69 Å². The quantitative estimate of drug-likeness (QED) is 0.278. The SMILES string of the molecule is CCOc1cc(NC(=NC)NCC(c2ccco2)N(CC)CC)ccc1OC.I. The lowest BCUT2D eigenvalue weighted by molar-refractivity contribution is 0.193. The van der Waals surface area contributed by atoms with Crippen molar-refractivity contribution in [3.8, 4) is 11.5 Å². The zero-order valence-electron chi connectivity index (χ0n) is 17.9. The summed E-state index contributed by atoms with van der Waals surface area (Å²) < 4.78 is 16.6. The number of methoxy groups -OCH3 is 1. The standard InChI is InChI=1S/C21H32N4O3.HI/c1-6-25(7-2)17(18-10-9-13-28-18)15-23-21(22-4)24-16-11-12-19(26-5)20(14-16)27-8-3;/h9-14,17H,6-8,15H2,1-5H3,(H2,22,23,24);1H. The largest absolute Gasteiger partial charge is 0.493 e. The average molecular weight is 516 g/mol. The molecule has 0 aliphatic heterocycles. The highest BCUT2D eigenvalue weighted by Gasteiger charge is 2.21. The van der Waals surface area contributed by atoms with Gasteiger partial charge in [-0.2, -0.15) is 0 Å².